The van der Waals surface area contributed by atoms with Gasteiger partial charge in [0.2, 0.25) is 5.91 Å². The van der Waals surface area contributed by atoms with Crippen LogP contribution in [0.4, 0.5) is 11.4 Å². The molecule has 3 aromatic carbocycles. The summed E-state index contributed by atoms with van der Waals surface area (Å²) in [7, 11) is 1.91. The molecule has 0 fully saturated rings. The average molecular weight is 554 g/mol. The average Bonchev–Trinajstić information content (AvgIpc) is 2.99. The summed E-state index contributed by atoms with van der Waals surface area (Å²) in [6, 6.07) is 24.4. The number of aromatic nitrogens is 1. The lowest BCUT2D eigenvalue weighted by atomic mass is 10.0. The maximum absolute atomic E-state index is 12.3. The summed E-state index contributed by atoms with van der Waals surface area (Å²) in [5.74, 6) is 0.0360. The summed E-state index contributed by atoms with van der Waals surface area (Å²) in [5.41, 5.74) is 8.41. The number of pyridine rings is 1. The monoisotopic (exact) mass is 553 g/mol. The lowest BCUT2D eigenvalue weighted by molar-refractivity contribution is -0.120. The second kappa shape index (κ2) is 14.9. The normalized spacial score (nSPS) is 10.7. The quantitative estimate of drug-likeness (QED) is 0.128. The summed E-state index contributed by atoms with van der Waals surface area (Å²) in [5, 5.41) is 13.8. The number of rotatable bonds is 14. The van der Waals surface area contributed by atoms with E-state index in [1.807, 2.05) is 67.7 Å². The van der Waals surface area contributed by atoms with E-state index < -0.39 is 0 Å². The summed E-state index contributed by atoms with van der Waals surface area (Å²) in [6.07, 6.45) is 6.66. The Labute approximate surface area is 241 Å². The molecule has 0 spiro atoms. The zero-order valence-corrected chi connectivity index (χ0v) is 23.6. The minimum atomic E-state index is 0.0360. The molecule has 0 saturated carbocycles. The molecular formula is C33H36ClN5O. The molecule has 0 radical (unpaired) electrons. The number of amides is 1. The Bertz CT molecular complexity index is 1410. The predicted molar refractivity (Wildman–Crippen MR) is 169 cm³/mol. The SMILES string of the molecule is C=Cc1c(NC)cc(-c2ccncc2)cc1NCCCNC(=O)CCNCc1ccc(-c2ccccc2)c(Cl)c1. The Morgan fingerprint density at radius 1 is 0.900 bits per heavy atom. The van der Waals surface area contributed by atoms with E-state index in [-0.39, 0.29) is 5.91 Å². The van der Waals surface area contributed by atoms with Gasteiger partial charge in [0, 0.05) is 79.6 Å². The molecule has 4 aromatic rings. The van der Waals surface area contributed by atoms with Crippen molar-refractivity contribution in [3.05, 3.63) is 108 Å². The summed E-state index contributed by atoms with van der Waals surface area (Å²) >= 11 is 6.51. The molecule has 1 heterocycles. The van der Waals surface area contributed by atoms with Crippen molar-refractivity contribution < 1.29 is 4.79 Å². The van der Waals surface area contributed by atoms with Gasteiger partial charge in [-0.05, 0) is 59.0 Å². The highest BCUT2D eigenvalue weighted by Gasteiger charge is 2.10. The van der Waals surface area contributed by atoms with Crippen molar-refractivity contribution >= 4 is 35.0 Å². The number of nitrogens with one attached hydrogen (secondary N) is 4. The van der Waals surface area contributed by atoms with Crippen LogP contribution in [0.5, 0.6) is 0 Å². The van der Waals surface area contributed by atoms with E-state index >= 15 is 0 Å². The van der Waals surface area contributed by atoms with Crippen LogP contribution in [-0.4, -0.2) is 37.6 Å². The molecule has 0 saturated heterocycles. The Morgan fingerprint density at radius 2 is 1.68 bits per heavy atom. The molecular weight excluding hydrogens is 518 g/mol. The standard InChI is InChI=1S/C33H36ClN5O/c1-3-28-31(35-2)21-27(25-12-17-36-18-13-25)22-32(28)38-15-7-16-39-33(40)14-19-37-23-24-10-11-29(30(34)20-24)26-8-5-4-6-9-26/h3-6,8-13,17-18,20-22,35,37-38H,1,7,14-16,19,23H2,2H3,(H,39,40). The van der Waals surface area contributed by atoms with Gasteiger partial charge in [-0.15, -0.1) is 0 Å². The van der Waals surface area contributed by atoms with E-state index in [9.17, 15) is 4.79 Å². The largest absolute Gasteiger partial charge is 0.388 e. The number of nitrogens with zero attached hydrogens (tertiary/aromatic N) is 1. The first-order valence-electron chi connectivity index (χ1n) is 13.5. The molecule has 1 amide bonds. The Kier molecular flexibility index (Phi) is 10.7. The number of carbonyl (C=O) groups is 1. The first kappa shape index (κ1) is 28.9. The predicted octanol–water partition coefficient (Wildman–Crippen LogP) is 6.85. The number of anilines is 2. The van der Waals surface area contributed by atoms with Crippen LogP contribution in [0.3, 0.4) is 0 Å². The summed E-state index contributed by atoms with van der Waals surface area (Å²) < 4.78 is 0. The van der Waals surface area contributed by atoms with E-state index in [2.05, 4.69) is 51.0 Å². The van der Waals surface area contributed by atoms with Crippen LogP contribution in [0.2, 0.25) is 5.02 Å². The van der Waals surface area contributed by atoms with Crippen LogP contribution in [0, 0.1) is 0 Å². The molecule has 1 aromatic heterocycles. The molecule has 206 valence electrons. The second-order valence-corrected chi connectivity index (χ2v) is 9.82. The minimum Gasteiger partial charge on any atom is -0.388 e. The fourth-order valence-electron chi connectivity index (χ4n) is 4.52. The molecule has 0 aliphatic heterocycles. The van der Waals surface area contributed by atoms with Crippen molar-refractivity contribution in [3.8, 4) is 22.3 Å². The van der Waals surface area contributed by atoms with Crippen LogP contribution in [0.25, 0.3) is 28.3 Å². The maximum atomic E-state index is 12.3. The third-order valence-corrected chi connectivity index (χ3v) is 6.95. The number of benzene rings is 3. The maximum Gasteiger partial charge on any atom is 0.221 e. The zero-order chi connectivity index (χ0) is 28.2. The lowest BCUT2D eigenvalue weighted by Gasteiger charge is -2.16. The van der Waals surface area contributed by atoms with Gasteiger partial charge in [-0.1, -0.05) is 66.7 Å². The third kappa shape index (κ3) is 7.94. The minimum absolute atomic E-state index is 0.0360. The van der Waals surface area contributed by atoms with Gasteiger partial charge < -0.3 is 21.3 Å². The summed E-state index contributed by atoms with van der Waals surface area (Å²) in [4.78, 5) is 16.4. The Hall–Kier alpha value is -4.13. The van der Waals surface area contributed by atoms with Gasteiger partial charge in [-0.3, -0.25) is 9.78 Å². The second-order valence-electron chi connectivity index (χ2n) is 9.41. The van der Waals surface area contributed by atoms with E-state index in [1.54, 1.807) is 12.4 Å². The van der Waals surface area contributed by atoms with Crippen LogP contribution in [0.15, 0.2) is 91.8 Å². The van der Waals surface area contributed by atoms with Crippen molar-refractivity contribution in [1.29, 1.82) is 0 Å². The van der Waals surface area contributed by atoms with Crippen molar-refractivity contribution in [3.63, 3.8) is 0 Å². The fourth-order valence-corrected chi connectivity index (χ4v) is 4.83. The first-order valence-corrected chi connectivity index (χ1v) is 13.9. The topological polar surface area (TPSA) is 78.1 Å². The van der Waals surface area contributed by atoms with E-state index in [4.69, 9.17) is 11.6 Å². The van der Waals surface area contributed by atoms with Crippen LogP contribution >= 0.6 is 11.6 Å². The third-order valence-electron chi connectivity index (χ3n) is 6.63. The van der Waals surface area contributed by atoms with Crippen molar-refractivity contribution in [2.45, 2.75) is 19.4 Å². The summed E-state index contributed by atoms with van der Waals surface area (Å²) in [6.45, 7) is 6.57. The first-order chi connectivity index (χ1) is 19.6. The molecule has 0 bridgehead atoms. The Morgan fingerprint density at radius 3 is 2.40 bits per heavy atom. The lowest BCUT2D eigenvalue weighted by Crippen LogP contribution is -2.29. The van der Waals surface area contributed by atoms with Gasteiger partial charge in [-0.2, -0.15) is 0 Å². The highest BCUT2D eigenvalue weighted by Crippen LogP contribution is 2.33. The van der Waals surface area contributed by atoms with E-state index in [1.165, 1.54) is 0 Å². The number of carbonyl (C=O) groups excluding carboxylic acids is 1. The van der Waals surface area contributed by atoms with Gasteiger partial charge in [0.15, 0.2) is 0 Å². The Balaban J connectivity index is 1.18. The zero-order valence-electron chi connectivity index (χ0n) is 22.8. The molecule has 0 aliphatic rings. The smallest absolute Gasteiger partial charge is 0.221 e. The van der Waals surface area contributed by atoms with Gasteiger partial charge in [0.25, 0.3) is 0 Å². The van der Waals surface area contributed by atoms with Crippen LogP contribution in [-0.2, 0) is 11.3 Å². The molecule has 0 aliphatic carbocycles. The molecule has 0 unspecified atom stereocenters. The van der Waals surface area contributed by atoms with Gasteiger partial charge >= 0.3 is 0 Å². The number of hydrogen-bond acceptors (Lipinski definition) is 5. The highest BCUT2D eigenvalue weighted by molar-refractivity contribution is 6.33. The molecule has 40 heavy (non-hydrogen) atoms. The van der Waals surface area contributed by atoms with Crippen LogP contribution in [0.1, 0.15) is 24.0 Å². The van der Waals surface area contributed by atoms with Crippen LogP contribution < -0.4 is 21.3 Å². The van der Waals surface area contributed by atoms with Gasteiger partial charge in [-0.25, -0.2) is 0 Å². The van der Waals surface area contributed by atoms with Gasteiger partial charge in [0.05, 0.1) is 0 Å². The molecule has 7 heteroatoms. The molecule has 4 rings (SSSR count). The molecule has 6 nitrogen and oxygen atoms in total. The van der Waals surface area contributed by atoms with Crippen molar-refractivity contribution in [2.75, 3.05) is 37.3 Å². The number of hydrogen-bond donors (Lipinski definition) is 4. The molecule has 0 atom stereocenters. The van der Waals surface area contributed by atoms with E-state index in [0.717, 1.165) is 62.7 Å². The van der Waals surface area contributed by atoms with E-state index in [0.29, 0.717) is 26.1 Å². The molecule has 4 N–H and O–H groups in total. The fraction of sp³-hybridized carbons (Fsp3) is 0.212. The van der Waals surface area contributed by atoms with Gasteiger partial charge in [0.1, 0.15) is 0 Å². The van der Waals surface area contributed by atoms with Crippen molar-refractivity contribution in [2.24, 2.45) is 0 Å². The van der Waals surface area contributed by atoms with Crippen molar-refractivity contribution in [1.82, 2.24) is 15.6 Å². The number of halogens is 1. The highest BCUT2D eigenvalue weighted by atomic mass is 35.5.